The number of anilines is 1. The summed E-state index contributed by atoms with van der Waals surface area (Å²) in [5.41, 5.74) is 7.19. The lowest BCUT2D eigenvalue weighted by Crippen LogP contribution is -2.22. The van der Waals surface area contributed by atoms with E-state index in [1.54, 1.807) is 19.1 Å². The van der Waals surface area contributed by atoms with E-state index < -0.39 is 10.0 Å². The van der Waals surface area contributed by atoms with E-state index in [9.17, 15) is 13.2 Å². The van der Waals surface area contributed by atoms with E-state index in [4.69, 9.17) is 5.14 Å². The van der Waals surface area contributed by atoms with Crippen molar-refractivity contribution < 1.29 is 13.2 Å². The van der Waals surface area contributed by atoms with Gasteiger partial charge in [-0.2, -0.15) is 0 Å². The second kappa shape index (κ2) is 6.52. The van der Waals surface area contributed by atoms with E-state index in [2.05, 4.69) is 17.9 Å². The van der Waals surface area contributed by atoms with Crippen molar-refractivity contribution in [2.75, 3.05) is 11.4 Å². The van der Waals surface area contributed by atoms with Gasteiger partial charge in [0.15, 0.2) is 5.78 Å². The molecule has 0 aliphatic carbocycles. The number of nitrogens with two attached hydrogens (primary N) is 1. The van der Waals surface area contributed by atoms with Crippen molar-refractivity contribution in [1.29, 1.82) is 0 Å². The largest absolute Gasteiger partial charge is 0.367 e. The van der Waals surface area contributed by atoms with Gasteiger partial charge in [-0.1, -0.05) is 6.07 Å². The Balaban J connectivity index is 1.99. The fraction of sp³-hybridized carbons (Fsp3) is 0.350. The minimum Gasteiger partial charge on any atom is -0.367 e. The second-order valence-electron chi connectivity index (χ2n) is 7.05. The maximum Gasteiger partial charge on any atom is 0.238 e. The van der Waals surface area contributed by atoms with Crippen LogP contribution in [0.5, 0.6) is 0 Å². The minimum absolute atomic E-state index is 0.0841. The highest BCUT2D eigenvalue weighted by molar-refractivity contribution is 7.89. The summed E-state index contributed by atoms with van der Waals surface area (Å²) in [5, 5.41) is 5.23. The van der Waals surface area contributed by atoms with Crippen LogP contribution in [0.25, 0.3) is 0 Å². The molecule has 1 aliphatic rings. The predicted molar refractivity (Wildman–Crippen MR) is 103 cm³/mol. The fourth-order valence-corrected chi connectivity index (χ4v) is 4.55. The van der Waals surface area contributed by atoms with Crippen LogP contribution in [-0.4, -0.2) is 20.7 Å². The smallest absolute Gasteiger partial charge is 0.238 e. The first-order chi connectivity index (χ1) is 12.1. The van der Waals surface area contributed by atoms with Crippen molar-refractivity contribution in [2.24, 2.45) is 5.14 Å². The van der Waals surface area contributed by atoms with E-state index >= 15 is 0 Å². The average Bonchev–Trinajstić information content (AvgIpc) is 2.92. The Morgan fingerprint density at radius 2 is 1.85 bits per heavy atom. The molecule has 5 nitrogen and oxygen atoms in total. The van der Waals surface area contributed by atoms with Gasteiger partial charge in [-0.25, -0.2) is 13.6 Å². The summed E-state index contributed by atoms with van der Waals surface area (Å²) >= 11 is 0. The maximum absolute atomic E-state index is 12.0. The predicted octanol–water partition coefficient (Wildman–Crippen LogP) is 3.02. The molecule has 1 aliphatic heterocycles. The number of carbonyl (C=O) groups is 1. The van der Waals surface area contributed by atoms with Crippen LogP contribution in [0.3, 0.4) is 0 Å². The van der Waals surface area contributed by atoms with Crippen molar-refractivity contribution in [3.8, 4) is 0 Å². The first-order valence-corrected chi connectivity index (χ1v) is 10.2. The van der Waals surface area contributed by atoms with Gasteiger partial charge in [-0.05, 0) is 80.1 Å². The topological polar surface area (TPSA) is 80.5 Å². The number of fused-ring (bicyclic) bond motifs is 1. The Hall–Kier alpha value is -2.18. The number of sulfonamides is 1. The summed E-state index contributed by atoms with van der Waals surface area (Å²) in [4.78, 5) is 14.4. The summed E-state index contributed by atoms with van der Waals surface area (Å²) in [7, 11) is -3.69. The molecular formula is C20H24N2O3S. The molecule has 3 rings (SSSR count). The lowest BCUT2D eigenvalue weighted by Gasteiger charge is -2.24. The Morgan fingerprint density at radius 3 is 2.46 bits per heavy atom. The lowest BCUT2D eigenvalue weighted by atomic mass is 9.91. The van der Waals surface area contributed by atoms with Gasteiger partial charge in [0.25, 0.3) is 0 Å². The Labute approximate surface area is 154 Å². The highest BCUT2D eigenvalue weighted by Crippen LogP contribution is 2.33. The van der Waals surface area contributed by atoms with Crippen LogP contribution < -0.4 is 10.0 Å². The number of aryl methyl sites for hydroxylation is 2. The molecule has 0 bridgehead atoms. The quantitative estimate of drug-likeness (QED) is 0.837. The monoisotopic (exact) mass is 372 g/mol. The van der Waals surface area contributed by atoms with Crippen molar-refractivity contribution in [3.63, 3.8) is 0 Å². The highest BCUT2D eigenvalue weighted by atomic mass is 32.2. The Kier molecular flexibility index (Phi) is 4.67. The van der Waals surface area contributed by atoms with Crippen LogP contribution in [0.15, 0.2) is 29.2 Å². The van der Waals surface area contributed by atoms with Crippen molar-refractivity contribution in [2.45, 2.75) is 45.6 Å². The molecule has 2 N–H and O–H groups in total. The van der Waals surface area contributed by atoms with E-state index in [1.165, 1.54) is 5.56 Å². The van der Waals surface area contributed by atoms with Gasteiger partial charge in [0.2, 0.25) is 10.0 Å². The molecule has 0 spiro atoms. The van der Waals surface area contributed by atoms with Crippen molar-refractivity contribution in [3.05, 3.63) is 57.6 Å². The minimum atomic E-state index is -3.69. The number of benzene rings is 2. The number of hydrogen-bond donors (Lipinski definition) is 1. The van der Waals surface area contributed by atoms with Gasteiger partial charge in [-0.3, -0.25) is 4.79 Å². The average molecular weight is 372 g/mol. The molecular weight excluding hydrogens is 348 g/mol. The molecule has 0 amide bonds. The molecule has 0 fully saturated rings. The zero-order valence-corrected chi connectivity index (χ0v) is 16.4. The van der Waals surface area contributed by atoms with Crippen LogP contribution in [0, 0.1) is 20.8 Å². The van der Waals surface area contributed by atoms with E-state index in [0.717, 1.165) is 46.5 Å². The molecule has 0 saturated heterocycles. The first-order valence-electron chi connectivity index (χ1n) is 8.61. The van der Waals surface area contributed by atoms with Gasteiger partial charge >= 0.3 is 0 Å². The van der Waals surface area contributed by atoms with Crippen LogP contribution in [0.2, 0.25) is 0 Å². The molecule has 0 aromatic heterocycles. The number of ketones is 1. The number of hydrogen-bond acceptors (Lipinski definition) is 4. The highest BCUT2D eigenvalue weighted by Gasteiger charge is 2.23. The third-order valence-electron chi connectivity index (χ3n) is 5.20. The van der Waals surface area contributed by atoms with Crippen LogP contribution >= 0.6 is 0 Å². The normalized spacial score (nSPS) is 13.8. The van der Waals surface area contributed by atoms with Gasteiger partial charge < -0.3 is 4.90 Å². The maximum atomic E-state index is 12.0. The lowest BCUT2D eigenvalue weighted by molar-refractivity contribution is 0.101. The zero-order chi connectivity index (χ0) is 19.2. The number of nitrogens with zero attached hydrogens (tertiary/aromatic N) is 1. The summed E-state index contributed by atoms with van der Waals surface area (Å²) < 4.78 is 23.1. The molecule has 2 aromatic rings. The molecule has 1 heterocycles. The van der Waals surface area contributed by atoms with Crippen molar-refractivity contribution >= 4 is 21.5 Å². The third kappa shape index (κ3) is 3.27. The fourth-order valence-electron chi connectivity index (χ4n) is 3.99. The molecule has 0 radical (unpaired) electrons. The number of carbonyl (C=O) groups excluding carboxylic acids is 1. The summed E-state index contributed by atoms with van der Waals surface area (Å²) in [6.07, 6.45) is 0.780. The first kappa shape index (κ1) is 18.6. The SMILES string of the molecule is CC(=O)c1c(C)cc(C)c(CN2CCc3cc(S(N)(=O)=O)ccc32)c1C. The van der Waals surface area contributed by atoms with E-state index in [0.29, 0.717) is 6.54 Å². The van der Waals surface area contributed by atoms with Crippen LogP contribution in [-0.2, 0) is 23.0 Å². The molecule has 6 heteroatoms. The summed E-state index contributed by atoms with van der Waals surface area (Å²) in [6, 6.07) is 7.12. The summed E-state index contributed by atoms with van der Waals surface area (Å²) in [6.45, 7) is 9.16. The van der Waals surface area contributed by atoms with Gasteiger partial charge in [0.05, 0.1) is 4.90 Å². The number of primary sulfonamides is 1. The Morgan fingerprint density at radius 1 is 1.15 bits per heavy atom. The summed E-state index contributed by atoms with van der Waals surface area (Å²) in [5.74, 6) is 0.0841. The molecule has 2 aromatic carbocycles. The molecule has 0 saturated carbocycles. The Bertz CT molecular complexity index is 1010. The van der Waals surface area contributed by atoms with Gasteiger partial charge in [-0.15, -0.1) is 0 Å². The second-order valence-corrected chi connectivity index (χ2v) is 8.61. The third-order valence-corrected chi connectivity index (χ3v) is 6.11. The molecule has 0 atom stereocenters. The molecule has 26 heavy (non-hydrogen) atoms. The number of Topliss-reactive ketones (excluding diaryl/α,β-unsaturated/α-hetero) is 1. The van der Waals surface area contributed by atoms with Crippen LogP contribution in [0.4, 0.5) is 5.69 Å². The van der Waals surface area contributed by atoms with Gasteiger partial charge in [0.1, 0.15) is 0 Å². The standard InChI is InChI=1S/C20H24N2O3S/c1-12-9-13(2)20(15(4)23)14(3)18(12)11-22-8-7-16-10-17(26(21,24)25)5-6-19(16)22/h5-6,9-10H,7-8,11H2,1-4H3,(H2,21,24,25). The molecule has 138 valence electrons. The zero-order valence-electron chi connectivity index (χ0n) is 15.6. The van der Waals surface area contributed by atoms with E-state index in [1.807, 2.05) is 19.9 Å². The van der Waals surface area contributed by atoms with Gasteiger partial charge in [0, 0.05) is 24.3 Å². The van der Waals surface area contributed by atoms with Crippen molar-refractivity contribution in [1.82, 2.24) is 0 Å². The van der Waals surface area contributed by atoms with Crippen LogP contribution in [0.1, 0.15) is 45.1 Å². The van der Waals surface area contributed by atoms with E-state index in [-0.39, 0.29) is 10.7 Å². The number of rotatable bonds is 4. The molecule has 0 unspecified atom stereocenters.